The zero-order valence-electron chi connectivity index (χ0n) is 22.5. The summed E-state index contributed by atoms with van der Waals surface area (Å²) in [6, 6.07) is 22.4. The number of rotatable bonds is 7. The number of benzene rings is 3. The van der Waals surface area contributed by atoms with E-state index in [0.29, 0.717) is 23.1 Å². The highest BCUT2D eigenvalue weighted by Crippen LogP contribution is 2.27. The van der Waals surface area contributed by atoms with E-state index in [4.69, 9.17) is 16.7 Å². The fraction of sp³-hybridized carbons (Fsp3) is 0.300. The van der Waals surface area contributed by atoms with Crippen molar-refractivity contribution in [3.8, 4) is 5.69 Å². The number of nitrogens with one attached hydrogen (secondary N) is 2. The summed E-state index contributed by atoms with van der Waals surface area (Å²) >= 11 is 6.08. The van der Waals surface area contributed by atoms with Crippen LogP contribution in [-0.4, -0.2) is 39.7 Å². The van der Waals surface area contributed by atoms with E-state index in [1.54, 1.807) is 16.8 Å². The third kappa shape index (κ3) is 6.53. The number of fused-ring (bicyclic) bond motifs is 1. The van der Waals surface area contributed by atoms with Crippen molar-refractivity contribution in [2.75, 3.05) is 23.7 Å². The van der Waals surface area contributed by atoms with Crippen molar-refractivity contribution in [2.24, 2.45) is 5.92 Å². The molecule has 7 nitrogen and oxygen atoms in total. The predicted molar refractivity (Wildman–Crippen MR) is 155 cm³/mol. The number of aromatic nitrogens is 2. The summed E-state index contributed by atoms with van der Waals surface area (Å²) in [5, 5.41) is 13.3. The van der Waals surface area contributed by atoms with Crippen LogP contribution in [0.25, 0.3) is 16.5 Å². The van der Waals surface area contributed by atoms with E-state index in [1.807, 2.05) is 74.5 Å². The van der Waals surface area contributed by atoms with E-state index < -0.39 is 0 Å². The molecule has 1 aromatic heterocycles. The Labute approximate surface area is 228 Å². The molecule has 0 bridgehead atoms. The average molecular weight is 532 g/mol. The molecule has 198 valence electrons. The maximum Gasteiger partial charge on any atom is 0.322 e. The Kier molecular flexibility index (Phi) is 8.07. The van der Waals surface area contributed by atoms with Gasteiger partial charge in [0.25, 0.3) is 0 Å². The smallest absolute Gasteiger partial charge is 0.315 e. The van der Waals surface area contributed by atoms with Crippen LogP contribution in [-0.2, 0) is 10.2 Å². The molecule has 0 aliphatic carbocycles. The quantitative estimate of drug-likeness (QED) is 0.267. The van der Waals surface area contributed by atoms with E-state index >= 15 is 0 Å². The maximum atomic E-state index is 13.3. The summed E-state index contributed by atoms with van der Waals surface area (Å²) in [4.78, 5) is 28.2. The van der Waals surface area contributed by atoms with Gasteiger partial charge in [0.1, 0.15) is 12.4 Å². The first-order chi connectivity index (χ1) is 18.0. The van der Waals surface area contributed by atoms with Gasteiger partial charge in [-0.1, -0.05) is 82.6 Å². The van der Waals surface area contributed by atoms with Crippen molar-refractivity contribution in [1.29, 1.82) is 0 Å². The summed E-state index contributed by atoms with van der Waals surface area (Å²) in [6.45, 7) is 10.5. The highest BCUT2D eigenvalue weighted by molar-refractivity contribution is 6.30. The first-order valence-corrected chi connectivity index (χ1v) is 13.1. The number of urea groups is 1. The summed E-state index contributed by atoms with van der Waals surface area (Å²) in [5.41, 5.74) is 2.08. The molecule has 0 unspecified atom stereocenters. The number of hydrogen-bond donors (Lipinski definition) is 2. The van der Waals surface area contributed by atoms with Crippen LogP contribution in [0.2, 0.25) is 5.02 Å². The van der Waals surface area contributed by atoms with Gasteiger partial charge >= 0.3 is 6.03 Å². The van der Waals surface area contributed by atoms with E-state index in [1.165, 1.54) is 4.90 Å². The van der Waals surface area contributed by atoms with Crippen LogP contribution < -0.4 is 10.6 Å². The number of halogens is 1. The first kappa shape index (κ1) is 27.2. The number of carbonyl (C=O) groups is 2. The first-order valence-electron chi connectivity index (χ1n) is 12.7. The zero-order chi connectivity index (χ0) is 27.4. The predicted octanol–water partition coefficient (Wildman–Crippen LogP) is 7.11. The third-order valence-electron chi connectivity index (χ3n) is 6.05. The number of nitrogens with zero attached hydrogens (tertiary/aromatic N) is 3. The van der Waals surface area contributed by atoms with Crippen molar-refractivity contribution < 1.29 is 9.59 Å². The second-order valence-corrected chi connectivity index (χ2v) is 11.3. The van der Waals surface area contributed by atoms with Crippen LogP contribution in [0.4, 0.5) is 16.3 Å². The fourth-order valence-electron chi connectivity index (χ4n) is 4.16. The highest BCUT2D eigenvalue weighted by atomic mass is 35.5. The summed E-state index contributed by atoms with van der Waals surface area (Å²) < 4.78 is 1.69. The van der Waals surface area contributed by atoms with Gasteiger partial charge in [-0.05, 0) is 41.6 Å². The standard InChI is InChI=1S/C30H34ClN5O2/c1-20(2)18-35(29(38)32-25-12-8-10-21-9-6-7-11-24(21)25)19-28(37)33-27-17-26(30(3,4)5)34-36(27)23-15-13-22(31)14-16-23/h6-17,20H,18-19H2,1-5H3,(H,32,38)(H,33,37). The molecule has 38 heavy (non-hydrogen) atoms. The lowest BCUT2D eigenvalue weighted by atomic mass is 9.92. The zero-order valence-corrected chi connectivity index (χ0v) is 23.2. The van der Waals surface area contributed by atoms with E-state index in [2.05, 4.69) is 31.4 Å². The van der Waals surface area contributed by atoms with E-state index in [0.717, 1.165) is 22.2 Å². The van der Waals surface area contributed by atoms with Gasteiger partial charge in [0.15, 0.2) is 0 Å². The van der Waals surface area contributed by atoms with Gasteiger partial charge < -0.3 is 15.5 Å². The van der Waals surface area contributed by atoms with Crippen LogP contribution in [0, 0.1) is 5.92 Å². The van der Waals surface area contributed by atoms with Crippen molar-refractivity contribution >= 4 is 45.8 Å². The van der Waals surface area contributed by atoms with Crippen molar-refractivity contribution in [3.05, 3.63) is 83.5 Å². The Bertz CT molecular complexity index is 1430. The number of anilines is 2. The molecule has 1 heterocycles. The van der Waals surface area contributed by atoms with Crippen LogP contribution >= 0.6 is 11.6 Å². The van der Waals surface area contributed by atoms with Gasteiger partial charge in [-0.3, -0.25) is 4.79 Å². The Morgan fingerprint density at radius 1 is 0.974 bits per heavy atom. The lowest BCUT2D eigenvalue weighted by Crippen LogP contribution is -2.42. The number of amides is 3. The largest absolute Gasteiger partial charge is 0.322 e. The third-order valence-corrected chi connectivity index (χ3v) is 6.31. The molecule has 0 aliphatic rings. The summed E-state index contributed by atoms with van der Waals surface area (Å²) in [7, 11) is 0. The molecule has 0 atom stereocenters. The molecule has 0 aliphatic heterocycles. The molecule has 8 heteroatoms. The van der Waals surface area contributed by atoms with Crippen molar-refractivity contribution in [3.63, 3.8) is 0 Å². The van der Waals surface area contributed by atoms with Gasteiger partial charge in [-0.25, -0.2) is 9.48 Å². The summed E-state index contributed by atoms with van der Waals surface area (Å²) in [5.74, 6) is 0.392. The lowest BCUT2D eigenvalue weighted by molar-refractivity contribution is -0.116. The second-order valence-electron chi connectivity index (χ2n) is 10.8. The Morgan fingerprint density at radius 3 is 2.34 bits per heavy atom. The Balaban J connectivity index is 1.56. The summed E-state index contributed by atoms with van der Waals surface area (Å²) in [6.07, 6.45) is 0. The van der Waals surface area contributed by atoms with E-state index in [9.17, 15) is 9.59 Å². The highest BCUT2D eigenvalue weighted by Gasteiger charge is 2.24. The van der Waals surface area contributed by atoms with E-state index in [-0.39, 0.29) is 29.8 Å². The van der Waals surface area contributed by atoms with Crippen LogP contribution in [0.1, 0.15) is 40.3 Å². The van der Waals surface area contributed by atoms with Crippen LogP contribution in [0.15, 0.2) is 72.8 Å². The minimum absolute atomic E-state index is 0.106. The molecular formula is C30H34ClN5O2. The monoisotopic (exact) mass is 531 g/mol. The molecule has 4 aromatic rings. The molecule has 0 radical (unpaired) electrons. The number of hydrogen-bond acceptors (Lipinski definition) is 3. The molecular weight excluding hydrogens is 498 g/mol. The molecule has 3 amide bonds. The van der Waals surface area contributed by atoms with Crippen LogP contribution in [0.3, 0.4) is 0 Å². The van der Waals surface area contributed by atoms with Gasteiger partial charge in [-0.15, -0.1) is 0 Å². The normalized spacial score (nSPS) is 11.6. The molecule has 0 fully saturated rings. The van der Waals surface area contributed by atoms with Crippen molar-refractivity contribution in [1.82, 2.24) is 14.7 Å². The average Bonchev–Trinajstić information content (AvgIpc) is 3.28. The molecule has 3 aromatic carbocycles. The minimum Gasteiger partial charge on any atom is -0.315 e. The molecule has 4 rings (SSSR count). The molecule has 0 spiro atoms. The SMILES string of the molecule is CC(C)CN(CC(=O)Nc1cc(C(C)(C)C)nn1-c1ccc(Cl)cc1)C(=O)Nc1cccc2ccccc12. The van der Waals surface area contributed by atoms with Gasteiger partial charge in [0.05, 0.1) is 17.1 Å². The van der Waals surface area contributed by atoms with Gasteiger partial charge in [-0.2, -0.15) is 5.10 Å². The number of carbonyl (C=O) groups excluding carboxylic acids is 2. The molecule has 2 N–H and O–H groups in total. The lowest BCUT2D eigenvalue weighted by Gasteiger charge is -2.25. The Hall–Kier alpha value is -3.84. The topological polar surface area (TPSA) is 79.3 Å². The fourth-order valence-corrected chi connectivity index (χ4v) is 4.29. The minimum atomic E-state index is -0.327. The Morgan fingerprint density at radius 2 is 1.66 bits per heavy atom. The second kappa shape index (κ2) is 11.3. The molecule has 0 saturated carbocycles. The maximum absolute atomic E-state index is 13.3. The van der Waals surface area contributed by atoms with Crippen molar-refractivity contribution in [2.45, 2.75) is 40.0 Å². The van der Waals surface area contributed by atoms with Crippen LogP contribution in [0.5, 0.6) is 0 Å². The molecule has 0 saturated heterocycles. The van der Waals surface area contributed by atoms with Gasteiger partial charge in [0, 0.05) is 28.4 Å². The van der Waals surface area contributed by atoms with Gasteiger partial charge in [0.2, 0.25) is 5.91 Å².